The standard InChI is InChI=1S/C18H14Cl2N4O/c19-15-6-5-13(9-16(15)20)24-18(25)12-4-7-17(22-10-12)23-11-14-3-1-2-8-21-14/h1-10H,11H2,(H,22,23)(H,24,25). The smallest absolute Gasteiger partial charge is 0.257 e. The summed E-state index contributed by atoms with van der Waals surface area (Å²) in [7, 11) is 0. The first kappa shape index (κ1) is 17.2. The topological polar surface area (TPSA) is 66.9 Å². The number of aromatic nitrogens is 2. The van der Waals surface area contributed by atoms with Crippen LogP contribution in [0.25, 0.3) is 0 Å². The number of hydrogen-bond donors (Lipinski definition) is 2. The molecular formula is C18H14Cl2N4O. The van der Waals surface area contributed by atoms with Crippen LogP contribution in [0.5, 0.6) is 0 Å². The predicted molar refractivity (Wildman–Crippen MR) is 100 cm³/mol. The summed E-state index contributed by atoms with van der Waals surface area (Å²) in [4.78, 5) is 20.7. The van der Waals surface area contributed by atoms with Gasteiger partial charge in [-0.2, -0.15) is 0 Å². The SMILES string of the molecule is O=C(Nc1ccc(Cl)c(Cl)c1)c1ccc(NCc2ccccn2)nc1. The summed E-state index contributed by atoms with van der Waals surface area (Å²) in [6.45, 7) is 0.558. The van der Waals surface area contributed by atoms with Crippen LogP contribution in [-0.2, 0) is 6.54 Å². The van der Waals surface area contributed by atoms with Crippen molar-refractivity contribution in [1.82, 2.24) is 9.97 Å². The molecule has 0 saturated heterocycles. The van der Waals surface area contributed by atoms with E-state index >= 15 is 0 Å². The zero-order chi connectivity index (χ0) is 17.6. The third-order valence-electron chi connectivity index (χ3n) is 3.38. The molecule has 0 unspecified atom stereocenters. The number of nitrogens with one attached hydrogen (secondary N) is 2. The van der Waals surface area contributed by atoms with Crippen LogP contribution in [0.4, 0.5) is 11.5 Å². The number of nitrogens with zero attached hydrogens (tertiary/aromatic N) is 2. The van der Waals surface area contributed by atoms with E-state index in [0.29, 0.717) is 33.7 Å². The maximum absolute atomic E-state index is 12.2. The van der Waals surface area contributed by atoms with Gasteiger partial charge in [0.25, 0.3) is 5.91 Å². The molecule has 2 aromatic heterocycles. The third kappa shape index (κ3) is 4.68. The van der Waals surface area contributed by atoms with Crippen LogP contribution in [0.3, 0.4) is 0 Å². The van der Waals surface area contributed by atoms with Gasteiger partial charge in [0.05, 0.1) is 27.8 Å². The Labute approximate surface area is 155 Å². The molecule has 1 amide bonds. The van der Waals surface area contributed by atoms with Gasteiger partial charge >= 0.3 is 0 Å². The second-order valence-electron chi connectivity index (χ2n) is 5.19. The van der Waals surface area contributed by atoms with E-state index in [1.807, 2.05) is 18.2 Å². The number of anilines is 2. The summed E-state index contributed by atoms with van der Waals surface area (Å²) < 4.78 is 0. The number of carbonyl (C=O) groups excluding carboxylic acids is 1. The van der Waals surface area contributed by atoms with Gasteiger partial charge in [0.1, 0.15) is 5.82 Å². The fraction of sp³-hybridized carbons (Fsp3) is 0.0556. The Kier molecular flexibility index (Phi) is 5.48. The van der Waals surface area contributed by atoms with E-state index in [-0.39, 0.29) is 5.91 Å². The molecule has 5 nitrogen and oxygen atoms in total. The number of amides is 1. The van der Waals surface area contributed by atoms with Gasteiger partial charge in [-0.3, -0.25) is 9.78 Å². The quantitative estimate of drug-likeness (QED) is 0.683. The lowest BCUT2D eigenvalue weighted by molar-refractivity contribution is 0.102. The highest BCUT2D eigenvalue weighted by molar-refractivity contribution is 6.42. The number of pyridine rings is 2. The van der Waals surface area contributed by atoms with E-state index in [1.165, 1.54) is 6.20 Å². The van der Waals surface area contributed by atoms with E-state index < -0.39 is 0 Å². The fourth-order valence-electron chi connectivity index (χ4n) is 2.09. The van der Waals surface area contributed by atoms with Crippen molar-refractivity contribution < 1.29 is 4.79 Å². The highest BCUT2D eigenvalue weighted by Gasteiger charge is 2.08. The minimum Gasteiger partial charge on any atom is -0.364 e. The third-order valence-corrected chi connectivity index (χ3v) is 4.12. The van der Waals surface area contributed by atoms with Crippen LogP contribution in [0, 0.1) is 0 Å². The van der Waals surface area contributed by atoms with Crippen molar-refractivity contribution >= 4 is 40.6 Å². The fourth-order valence-corrected chi connectivity index (χ4v) is 2.39. The molecule has 7 heteroatoms. The molecule has 0 spiro atoms. The molecule has 3 rings (SSSR count). The van der Waals surface area contributed by atoms with Crippen LogP contribution in [0.15, 0.2) is 60.9 Å². The first-order valence-electron chi connectivity index (χ1n) is 7.48. The summed E-state index contributed by atoms with van der Waals surface area (Å²) in [5.74, 6) is 0.388. The molecule has 2 heterocycles. The maximum atomic E-state index is 12.2. The zero-order valence-corrected chi connectivity index (χ0v) is 14.6. The van der Waals surface area contributed by atoms with E-state index in [1.54, 1.807) is 36.5 Å². The highest BCUT2D eigenvalue weighted by Crippen LogP contribution is 2.25. The molecule has 0 radical (unpaired) electrons. The highest BCUT2D eigenvalue weighted by atomic mass is 35.5. The monoisotopic (exact) mass is 372 g/mol. The van der Waals surface area contributed by atoms with Gasteiger partial charge in [-0.25, -0.2) is 4.98 Å². The first-order valence-corrected chi connectivity index (χ1v) is 8.23. The van der Waals surface area contributed by atoms with Crippen LogP contribution < -0.4 is 10.6 Å². The van der Waals surface area contributed by atoms with Gasteiger partial charge in [-0.05, 0) is 42.5 Å². The summed E-state index contributed by atoms with van der Waals surface area (Å²) in [6, 6.07) is 14.1. The second-order valence-corrected chi connectivity index (χ2v) is 6.00. The molecule has 126 valence electrons. The molecule has 0 saturated carbocycles. The Morgan fingerprint density at radius 1 is 1.00 bits per heavy atom. The second kappa shape index (κ2) is 7.96. The van der Waals surface area contributed by atoms with Crippen molar-refractivity contribution in [1.29, 1.82) is 0 Å². The van der Waals surface area contributed by atoms with Gasteiger partial charge in [-0.1, -0.05) is 29.3 Å². The molecule has 0 aliphatic rings. The zero-order valence-electron chi connectivity index (χ0n) is 13.0. The van der Waals surface area contributed by atoms with Gasteiger partial charge in [0.2, 0.25) is 0 Å². The lowest BCUT2D eigenvalue weighted by Gasteiger charge is -2.08. The van der Waals surface area contributed by atoms with E-state index in [0.717, 1.165) is 5.69 Å². The van der Waals surface area contributed by atoms with Gasteiger partial charge < -0.3 is 10.6 Å². The van der Waals surface area contributed by atoms with Crippen molar-refractivity contribution in [3.05, 3.63) is 82.2 Å². The van der Waals surface area contributed by atoms with E-state index in [2.05, 4.69) is 20.6 Å². The number of carbonyl (C=O) groups is 1. The van der Waals surface area contributed by atoms with Crippen molar-refractivity contribution in [2.24, 2.45) is 0 Å². The minimum atomic E-state index is -0.276. The molecule has 0 fully saturated rings. The summed E-state index contributed by atoms with van der Waals surface area (Å²) >= 11 is 11.8. The Morgan fingerprint density at radius 3 is 2.56 bits per heavy atom. The molecule has 0 atom stereocenters. The maximum Gasteiger partial charge on any atom is 0.257 e. The lowest BCUT2D eigenvalue weighted by atomic mass is 10.2. The minimum absolute atomic E-state index is 0.276. The average Bonchev–Trinajstić information content (AvgIpc) is 2.64. The molecule has 3 aromatic rings. The van der Waals surface area contributed by atoms with Crippen LogP contribution in [0.2, 0.25) is 10.0 Å². The molecule has 25 heavy (non-hydrogen) atoms. The average molecular weight is 373 g/mol. The van der Waals surface area contributed by atoms with Crippen molar-refractivity contribution in [2.45, 2.75) is 6.54 Å². The van der Waals surface area contributed by atoms with Crippen LogP contribution >= 0.6 is 23.2 Å². The molecule has 0 bridgehead atoms. The van der Waals surface area contributed by atoms with Crippen LogP contribution in [0.1, 0.15) is 16.1 Å². The van der Waals surface area contributed by atoms with Gasteiger partial charge in [0.15, 0.2) is 0 Å². The van der Waals surface area contributed by atoms with E-state index in [9.17, 15) is 4.79 Å². The largest absolute Gasteiger partial charge is 0.364 e. The Hall–Kier alpha value is -2.63. The van der Waals surface area contributed by atoms with Crippen molar-refractivity contribution in [3.8, 4) is 0 Å². The molecular weight excluding hydrogens is 359 g/mol. The molecule has 1 aromatic carbocycles. The van der Waals surface area contributed by atoms with Crippen molar-refractivity contribution in [3.63, 3.8) is 0 Å². The molecule has 0 aliphatic carbocycles. The molecule has 2 N–H and O–H groups in total. The lowest BCUT2D eigenvalue weighted by Crippen LogP contribution is -2.12. The van der Waals surface area contributed by atoms with Gasteiger partial charge in [0, 0.05) is 18.1 Å². The number of rotatable bonds is 5. The number of hydrogen-bond acceptors (Lipinski definition) is 4. The number of halogens is 2. The normalized spacial score (nSPS) is 10.3. The Morgan fingerprint density at radius 2 is 1.88 bits per heavy atom. The summed E-state index contributed by atoms with van der Waals surface area (Å²) in [5, 5.41) is 6.72. The molecule has 0 aliphatic heterocycles. The van der Waals surface area contributed by atoms with Gasteiger partial charge in [-0.15, -0.1) is 0 Å². The summed E-state index contributed by atoms with van der Waals surface area (Å²) in [5.41, 5.74) is 1.91. The Bertz CT molecular complexity index is 870. The van der Waals surface area contributed by atoms with Crippen molar-refractivity contribution in [2.75, 3.05) is 10.6 Å². The number of benzene rings is 1. The first-order chi connectivity index (χ1) is 12.1. The predicted octanol–water partition coefficient (Wildman–Crippen LogP) is 4.65. The Balaban J connectivity index is 1.61. The van der Waals surface area contributed by atoms with E-state index in [4.69, 9.17) is 23.2 Å². The summed E-state index contributed by atoms with van der Waals surface area (Å²) in [6.07, 6.45) is 3.24. The van der Waals surface area contributed by atoms with Crippen LogP contribution in [-0.4, -0.2) is 15.9 Å².